The molecule has 0 saturated carbocycles. The van der Waals surface area contributed by atoms with Crippen LogP contribution in [0.3, 0.4) is 0 Å². The lowest BCUT2D eigenvalue weighted by Crippen LogP contribution is -2.52. The highest BCUT2D eigenvalue weighted by Gasteiger charge is 2.28. The van der Waals surface area contributed by atoms with Crippen LogP contribution in [0, 0.1) is 5.92 Å². The van der Waals surface area contributed by atoms with Crippen molar-refractivity contribution in [1.82, 2.24) is 20.0 Å². The molecule has 1 saturated heterocycles. The second-order valence-corrected chi connectivity index (χ2v) is 5.99. The minimum atomic E-state index is 0. The molecular formula is C14H31ClN4O. The molecular weight excluding hydrogens is 276 g/mol. The quantitative estimate of drug-likeness (QED) is 0.668. The van der Waals surface area contributed by atoms with Gasteiger partial charge < -0.3 is 20.0 Å². The molecule has 6 heteroatoms. The van der Waals surface area contributed by atoms with Gasteiger partial charge in [0.2, 0.25) is 5.91 Å². The maximum absolute atomic E-state index is 12.3. The summed E-state index contributed by atoms with van der Waals surface area (Å²) in [6.07, 6.45) is 2.11. The average Bonchev–Trinajstić information content (AvgIpc) is 2.23. The van der Waals surface area contributed by atoms with Crippen LogP contribution in [-0.2, 0) is 4.79 Å². The van der Waals surface area contributed by atoms with E-state index in [0.29, 0.717) is 5.91 Å². The van der Waals surface area contributed by atoms with Gasteiger partial charge in [-0.25, -0.2) is 0 Å². The Kier molecular flexibility index (Phi) is 10.2. The van der Waals surface area contributed by atoms with Crippen molar-refractivity contribution in [2.24, 2.45) is 5.92 Å². The van der Waals surface area contributed by atoms with Crippen molar-refractivity contribution in [3.05, 3.63) is 0 Å². The number of hydrogen-bond acceptors (Lipinski definition) is 4. The van der Waals surface area contributed by atoms with Crippen LogP contribution in [0.1, 0.15) is 12.8 Å². The largest absolute Gasteiger partial charge is 0.342 e. The van der Waals surface area contributed by atoms with Crippen LogP contribution in [0.5, 0.6) is 0 Å². The molecule has 0 unspecified atom stereocenters. The van der Waals surface area contributed by atoms with Crippen LogP contribution in [-0.4, -0.2) is 88.1 Å². The zero-order chi connectivity index (χ0) is 14.3. The fourth-order valence-electron chi connectivity index (χ4n) is 2.21. The molecule has 0 bridgehead atoms. The third-order valence-corrected chi connectivity index (χ3v) is 3.51. The Morgan fingerprint density at radius 3 is 1.70 bits per heavy atom. The highest BCUT2D eigenvalue weighted by Crippen LogP contribution is 2.09. The predicted molar refractivity (Wildman–Crippen MR) is 86.5 cm³/mol. The topological polar surface area (TPSA) is 38.8 Å². The molecule has 0 radical (unpaired) electrons. The summed E-state index contributed by atoms with van der Waals surface area (Å²) in [6.45, 7) is 5.58. The van der Waals surface area contributed by atoms with Crippen molar-refractivity contribution in [2.75, 3.05) is 67.5 Å². The maximum atomic E-state index is 12.3. The Bertz CT molecular complexity index is 256. The van der Waals surface area contributed by atoms with Gasteiger partial charge in [0.15, 0.2) is 0 Å². The summed E-state index contributed by atoms with van der Waals surface area (Å²) in [5.41, 5.74) is 0. The second-order valence-electron chi connectivity index (χ2n) is 5.99. The molecule has 1 heterocycles. The molecule has 1 aliphatic heterocycles. The number of rotatable bonds is 9. The fourth-order valence-corrected chi connectivity index (χ4v) is 2.21. The number of amides is 1. The van der Waals surface area contributed by atoms with Gasteiger partial charge in [-0.1, -0.05) is 0 Å². The van der Waals surface area contributed by atoms with Gasteiger partial charge in [0.05, 0.1) is 5.92 Å². The van der Waals surface area contributed by atoms with Crippen LogP contribution in [0.4, 0.5) is 0 Å². The normalized spacial score (nSPS) is 15.1. The molecule has 1 rings (SSSR count). The molecule has 1 N–H and O–H groups in total. The van der Waals surface area contributed by atoms with Crippen LogP contribution < -0.4 is 5.32 Å². The molecule has 5 nitrogen and oxygen atoms in total. The molecule has 0 atom stereocenters. The highest BCUT2D eigenvalue weighted by molar-refractivity contribution is 5.85. The zero-order valence-corrected chi connectivity index (χ0v) is 14.2. The Balaban J connectivity index is 0.00000361. The summed E-state index contributed by atoms with van der Waals surface area (Å²) < 4.78 is 0. The average molecular weight is 307 g/mol. The first-order valence-electron chi connectivity index (χ1n) is 7.29. The minimum Gasteiger partial charge on any atom is -0.342 e. The van der Waals surface area contributed by atoms with Gasteiger partial charge in [-0.2, -0.15) is 0 Å². The Morgan fingerprint density at radius 2 is 1.40 bits per heavy atom. The van der Waals surface area contributed by atoms with Crippen molar-refractivity contribution in [2.45, 2.75) is 12.8 Å². The lowest BCUT2D eigenvalue weighted by Gasteiger charge is -2.33. The summed E-state index contributed by atoms with van der Waals surface area (Å²) in [5, 5.41) is 3.18. The summed E-state index contributed by atoms with van der Waals surface area (Å²) in [5.74, 6) is 0.565. The molecule has 1 aliphatic rings. The smallest absolute Gasteiger partial charge is 0.228 e. The van der Waals surface area contributed by atoms with Gasteiger partial charge in [-0.15, -0.1) is 12.4 Å². The van der Waals surface area contributed by atoms with Crippen molar-refractivity contribution in [1.29, 1.82) is 0 Å². The van der Waals surface area contributed by atoms with Crippen LogP contribution in [0.2, 0.25) is 0 Å². The van der Waals surface area contributed by atoms with E-state index in [4.69, 9.17) is 0 Å². The van der Waals surface area contributed by atoms with Gasteiger partial charge in [-0.05, 0) is 54.1 Å². The number of hydrogen-bond donors (Lipinski definition) is 1. The summed E-state index contributed by atoms with van der Waals surface area (Å²) in [6, 6.07) is 0. The first-order valence-corrected chi connectivity index (χ1v) is 7.29. The predicted octanol–water partition coefficient (Wildman–Crippen LogP) is 0.360. The second kappa shape index (κ2) is 10.4. The lowest BCUT2D eigenvalue weighted by molar-refractivity contribution is -0.137. The maximum Gasteiger partial charge on any atom is 0.228 e. The van der Waals surface area contributed by atoms with Gasteiger partial charge in [0.1, 0.15) is 0 Å². The zero-order valence-electron chi connectivity index (χ0n) is 13.4. The van der Waals surface area contributed by atoms with E-state index in [1.54, 1.807) is 0 Å². The van der Waals surface area contributed by atoms with Crippen molar-refractivity contribution >= 4 is 18.3 Å². The molecule has 120 valence electrons. The molecule has 0 aromatic heterocycles. The van der Waals surface area contributed by atoms with Gasteiger partial charge in [-0.3, -0.25) is 4.79 Å². The molecule has 1 amide bonds. The van der Waals surface area contributed by atoms with Gasteiger partial charge >= 0.3 is 0 Å². The molecule has 0 aliphatic carbocycles. The lowest BCUT2D eigenvalue weighted by atomic mass is 10.0. The summed E-state index contributed by atoms with van der Waals surface area (Å²) in [7, 11) is 8.31. The third kappa shape index (κ3) is 7.43. The Morgan fingerprint density at radius 1 is 0.950 bits per heavy atom. The van der Waals surface area contributed by atoms with Gasteiger partial charge in [0, 0.05) is 26.2 Å². The standard InChI is InChI=1S/C14H30N4O.ClH/c1-16(2)7-5-9-18(10-6-8-17(3)4)14(19)13-11-15-12-13;/h13,15H,5-12H2,1-4H3;1H. The van der Waals surface area contributed by atoms with Crippen LogP contribution in [0.15, 0.2) is 0 Å². The van der Waals surface area contributed by atoms with Crippen LogP contribution >= 0.6 is 12.4 Å². The van der Waals surface area contributed by atoms with E-state index in [1.807, 2.05) is 0 Å². The Hall–Kier alpha value is -0.360. The van der Waals surface area contributed by atoms with Crippen molar-refractivity contribution in [3.8, 4) is 0 Å². The summed E-state index contributed by atoms with van der Waals surface area (Å²) in [4.78, 5) is 18.8. The fraction of sp³-hybridized carbons (Fsp3) is 0.929. The van der Waals surface area contributed by atoms with E-state index in [9.17, 15) is 4.79 Å². The highest BCUT2D eigenvalue weighted by atomic mass is 35.5. The number of carbonyl (C=O) groups excluding carboxylic acids is 1. The molecule has 0 aromatic carbocycles. The molecule has 20 heavy (non-hydrogen) atoms. The minimum absolute atomic E-state index is 0. The first-order chi connectivity index (χ1) is 9.00. The monoisotopic (exact) mass is 306 g/mol. The first kappa shape index (κ1) is 19.6. The van der Waals surface area contributed by atoms with E-state index in [1.165, 1.54) is 0 Å². The van der Waals surface area contributed by atoms with E-state index < -0.39 is 0 Å². The SMILES string of the molecule is CN(C)CCCN(CCCN(C)C)C(=O)C1CNC1.Cl. The number of nitrogens with one attached hydrogen (secondary N) is 1. The van der Waals surface area contributed by atoms with Crippen molar-refractivity contribution < 1.29 is 4.79 Å². The van der Waals surface area contributed by atoms with E-state index in [0.717, 1.165) is 52.1 Å². The van der Waals surface area contributed by atoms with E-state index >= 15 is 0 Å². The molecule has 1 fully saturated rings. The van der Waals surface area contributed by atoms with Crippen LogP contribution in [0.25, 0.3) is 0 Å². The molecule has 0 spiro atoms. The van der Waals surface area contributed by atoms with E-state index in [-0.39, 0.29) is 18.3 Å². The van der Waals surface area contributed by atoms with Crippen molar-refractivity contribution in [3.63, 3.8) is 0 Å². The third-order valence-electron chi connectivity index (χ3n) is 3.51. The summed E-state index contributed by atoms with van der Waals surface area (Å²) >= 11 is 0. The van der Waals surface area contributed by atoms with E-state index in [2.05, 4.69) is 48.2 Å². The van der Waals surface area contributed by atoms with Gasteiger partial charge in [0.25, 0.3) is 0 Å². The number of nitrogens with zero attached hydrogens (tertiary/aromatic N) is 3. The number of halogens is 1. The molecule has 0 aromatic rings. The Labute approximate surface area is 130 Å². The number of carbonyl (C=O) groups is 1.